The number of anilines is 1. The van der Waals surface area contributed by atoms with E-state index in [9.17, 15) is 4.79 Å². The fourth-order valence-electron chi connectivity index (χ4n) is 5.71. The number of piperazine rings is 1. The molecular formula is C22H32N4O. The molecule has 27 heavy (non-hydrogen) atoms. The monoisotopic (exact) mass is 368 g/mol. The lowest BCUT2D eigenvalue weighted by molar-refractivity contribution is -0.133. The summed E-state index contributed by atoms with van der Waals surface area (Å²) in [6.07, 6.45) is 10.6. The molecule has 5 nitrogen and oxygen atoms in total. The fourth-order valence-corrected chi connectivity index (χ4v) is 5.71. The largest absolute Gasteiger partial charge is 0.348 e. The van der Waals surface area contributed by atoms with E-state index in [2.05, 4.69) is 27.2 Å². The van der Waals surface area contributed by atoms with Gasteiger partial charge in [-0.05, 0) is 49.7 Å². The molecule has 3 aliphatic heterocycles. The predicted octanol–water partition coefficient (Wildman–Crippen LogP) is 2.88. The molecule has 4 aliphatic rings. The Hall–Kier alpha value is -1.62. The SMILES string of the molecule is O=C(CC1CCCC1)N1CCc2nc(N3C4CCCC3CNC4)ccc2C1. The summed E-state index contributed by atoms with van der Waals surface area (Å²) in [5.41, 5.74) is 2.47. The molecule has 2 atom stereocenters. The van der Waals surface area contributed by atoms with E-state index in [4.69, 9.17) is 4.98 Å². The molecule has 0 spiro atoms. The molecule has 1 N–H and O–H groups in total. The van der Waals surface area contributed by atoms with Crippen molar-refractivity contribution in [2.75, 3.05) is 24.5 Å². The van der Waals surface area contributed by atoms with Crippen LogP contribution >= 0.6 is 0 Å². The van der Waals surface area contributed by atoms with Crippen LogP contribution in [-0.2, 0) is 17.8 Å². The van der Waals surface area contributed by atoms with Gasteiger partial charge in [-0.3, -0.25) is 4.79 Å². The highest BCUT2D eigenvalue weighted by Gasteiger charge is 2.35. The molecule has 0 radical (unpaired) electrons. The second kappa shape index (κ2) is 7.42. The molecule has 2 bridgehead atoms. The van der Waals surface area contributed by atoms with Crippen molar-refractivity contribution in [3.63, 3.8) is 0 Å². The van der Waals surface area contributed by atoms with Crippen molar-refractivity contribution in [3.8, 4) is 0 Å². The molecule has 0 aromatic carbocycles. The van der Waals surface area contributed by atoms with Gasteiger partial charge in [0.15, 0.2) is 0 Å². The van der Waals surface area contributed by atoms with Gasteiger partial charge in [-0.2, -0.15) is 0 Å². The summed E-state index contributed by atoms with van der Waals surface area (Å²) < 4.78 is 0. The summed E-state index contributed by atoms with van der Waals surface area (Å²) in [5, 5.41) is 3.58. The average Bonchev–Trinajstić information content (AvgIpc) is 3.19. The number of hydrogen-bond acceptors (Lipinski definition) is 4. The molecule has 146 valence electrons. The van der Waals surface area contributed by atoms with Crippen molar-refractivity contribution in [1.29, 1.82) is 0 Å². The third-order valence-corrected chi connectivity index (χ3v) is 7.21. The fraction of sp³-hybridized carbons (Fsp3) is 0.727. The molecule has 3 fully saturated rings. The third-order valence-electron chi connectivity index (χ3n) is 7.21. The maximum Gasteiger partial charge on any atom is 0.223 e. The quantitative estimate of drug-likeness (QED) is 0.891. The van der Waals surface area contributed by atoms with Crippen LogP contribution in [0.4, 0.5) is 5.82 Å². The normalized spacial score (nSPS) is 28.3. The van der Waals surface area contributed by atoms with Crippen LogP contribution in [0.1, 0.15) is 62.6 Å². The standard InChI is InChI=1S/C22H32N4O/c27-22(12-16-4-1-2-5-16)25-11-10-20-17(15-25)8-9-21(24-20)26-18-6-3-7-19(26)14-23-13-18/h8-9,16,18-19,23H,1-7,10-15H2. The highest BCUT2D eigenvalue weighted by atomic mass is 16.2. The van der Waals surface area contributed by atoms with Gasteiger partial charge in [-0.1, -0.05) is 18.9 Å². The zero-order valence-corrected chi connectivity index (χ0v) is 16.3. The van der Waals surface area contributed by atoms with Crippen LogP contribution in [-0.4, -0.2) is 47.5 Å². The van der Waals surface area contributed by atoms with Crippen molar-refractivity contribution in [3.05, 3.63) is 23.4 Å². The van der Waals surface area contributed by atoms with Gasteiger partial charge >= 0.3 is 0 Å². The highest BCUT2D eigenvalue weighted by Crippen LogP contribution is 2.32. The van der Waals surface area contributed by atoms with Crippen LogP contribution in [0.15, 0.2) is 12.1 Å². The lowest BCUT2D eigenvalue weighted by Gasteiger charge is -2.47. The lowest BCUT2D eigenvalue weighted by Crippen LogP contribution is -2.60. The Kier molecular flexibility index (Phi) is 4.80. The maximum atomic E-state index is 12.7. The van der Waals surface area contributed by atoms with Crippen molar-refractivity contribution < 1.29 is 4.79 Å². The van der Waals surface area contributed by atoms with E-state index in [1.165, 1.54) is 56.2 Å². The summed E-state index contributed by atoms with van der Waals surface area (Å²) in [5.74, 6) is 2.15. The maximum absolute atomic E-state index is 12.7. The molecule has 1 aromatic heterocycles. The molecule has 5 rings (SSSR count). The van der Waals surface area contributed by atoms with E-state index < -0.39 is 0 Å². The number of nitrogens with zero attached hydrogens (tertiary/aromatic N) is 3. The van der Waals surface area contributed by atoms with Gasteiger partial charge in [-0.25, -0.2) is 4.98 Å². The molecule has 4 heterocycles. The van der Waals surface area contributed by atoms with Crippen LogP contribution in [0.3, 0.4) is 0 Å². The molecular weight excluding hydrogens is 336 g/mol. The number of rotatable bonds is 3. The van der Waals surface area contributed by atoms with E-state index in [1.54, 1.807) is 0 Å². The van der Waals surface area contributed by atoms with Crippen molar-refractivity contribution in [1.82, 2.24) is 15.2 Å². The molecule has 1 aromatic rings. The van der Waals surface area contributed by atoms with E-state index >= 15 is 0 Å². The molecule has 1 amide bonds. The van der Waals surface area contributed by atoms with Gasteiger partial charge in [0.1, 0.15) is 5.82 Å². The van der Waals surface area contributed by atoms with Crippen LogP contribution in [0, 0.1) is 5.92 Å². The van der Waals surface area contributed by atoms with Gasteiger partial charge in [0.25, 0.3) is 0 Å². The molecule has 1 aliphatic carbocycles. The highest BCUT2D eigenvalue weighted by molar-refractivity contribution is 5.76. The molecule has 2 unspecified atom stereocenters. The van der Waals surface area contributed by atoms with Crippen molar-refractivity contribution >= 4 is 11.7 Å². The van der Waals surface area contributed by atoms with Gasteiger partial charge < -0.3 is 15.1 Å². The first-order valence-electron chi connectivity index (χ1n) is 11.0. The minimum absolute atomic E-state index is 0.355. The van der Waals surface area contributed by atoms with Crippen LogP contribution < -0.4 is 10.2 Å². The zero-order valence-electron chi connectivity index (χ0n) is 16.3. The van der Waals surface area contributed by atoms with Crippen molar-refractivity contribution in [2.24, 2.45) is 5.92 Å². The third kappa shape index (κ3) is 3.46. The zero-order chi connectivity index (χ0) is 18.2. The summed E-state index contributed by atoms with van der Waals surface area (Å²) in [6, 6.07) is 5.64. The Labute approximate surface area is 162 Å². The number of aromatic nitrogens is 1. The Morgan fingerprint density at radius 1 is 1.07 bits per heavy atom. The number of nitrogens with one attached hydrogen (secondary N) is 1. The lowest BCUT2D eigenvalue weighted by atomic mass is 9.92. The summed E-state index contributed by atoms with van der Waals surface area (Å²) in [7, 11) is 0. The van der Waals surface area contributed by atoms with Crippen LogP contribution in [0.2, 0.25) is 0 Å². The van der Waals surface area contributed by atoms with E-state index in [-0.39, 0.29) is 0 Å². The average molecular weight is 369 g/mol. The Bertz CT molecular complexity index is 678. The number of fused-ring (bicyclic) bond motifs is 3. The summed E-state index contributed by atoms with van der Waals surface area (Å²) in [6.45, 7) is 3.75. The van der Waals surface area contributed by atoms with E-state index in [0.29, 0.717) is 23.9 Å². The second-order valence-corrected chi connectivity index (χ2v) is 9.00. The molecule has 2 saturated heterocycles. The number of carbonyl (C=O) groups is 1. The number of pyridine rings is 1. The first-order chi connectivity index (χ1) is 13.3. The summed E-state index contributed by atoms with van der Waals surface area (Å²) in [4.78, 5) is 22.4. The minimum Gasteiger partial charge on any atom is -0.348 e. The predicted molar refractivity (Wildman–Crippen MR) is 107 cm³/mol. The number of piperidine rings is 1. The van der Waals surface area contributed by atoms with Crippen LogP contribution in [0.25, 0.3) is 0 Å². The first-order valence-corrected chi connectivity index (χ1v) is 11.0. The Balaban J connectivity index is 1.29. The number of amides is 1. The van der Waals surface area contributed by atoms with E-state index in [1.807, 2.05) is 0 Å². The first kappa shape index (κ1) is 17.5. The minimum atomic E-state index is 0.355. The van der Waals surface area contributed by atoms with Crippen molar-refractivity contribution in [2.45, 2.75) is 76.4 Å². The molecule has 5 heteroatoms. The van der Waals surface area contributed by atoms with Gasteiger partial charge in [-0.15, -0.1) is 0 Å². The Morgan fingerprint density at radius 3 is 2.63 bits per heavy atom. The van der Waals surface area contributed by atoms with E-state index in [0.717, 1.165) is 44.8 Å². The van der Waals surface area contributed by atoms with Crippen LogP contribution in [0.5, 0.6) is 0 Å². The molecule has 1 saturated carbocycles. The van der Waals surface area contributed by atoms with Gasteiger partial charge in [0.2, 0.25) is 5.91 Å². The second-order valence-electron chi connectivity index (χ2n) is 9.00. The van der Waals surface area contributed by atoms with Gasteiger partial charge in [0, 0.05) is 56.8 Å². The Morgan fingerprint density at radius 2 is 1.85 bits per heavy atom. The summed E-state index contributed by atoms with van der Waals surface area (Å²) >= 11 is 0. The smallest absolute Gasteiger partial charge is 0.223 e. The number of carbonyl (C=O) groups excluding carboxylic acids is 1. The number of hydrogen-bond donors (Lipinski definition) is 1. The van der Waals surface area contributed by atoms with Gasteiger partial charge in [0.05, 0.1) is 0 Å². The topological polar surface area (TPSA) is 48.5 Å².